The molecule has 1 fully saturated rings. The number of benzene rings is 4. The molecule has 0 spiro atoms. The van der Waals surface area contributed by atoms with Gasteiger partial charge in [0.25, 0.3) is 0 Å². The van der Waals surface area contributed by atoms with E-state index in [9.17, 15) is 4.79 Å². The van der Waals surface area contributed by atoms with Gasteiger partial charge < -0.3 is 14.4 Å². The van der Waals surface area contributed by atoms with Crippen LogP contribution < -0.4 is 0 Å². The molecular formula is C35H32N4O3. The Labute approximate surface area is 246 Å². The van der Waals surface area contributed by atoms with Crippen LogP contribution in [0, 0.1) is 11.8 Å². The number of ether oxygens (including phenoxy) is 2. The molecule has 7 nitrogen and oxygen atoms in total. The summed E-state index contributed by atoms with van der Waals surface area (Å²) < 4.78 is 12.8. The van der Waals surface area contributed by atoms with E-state index in [1.165, 1.54) is 0 Å². The van der Waals surface area contributed by atoms with Crippen molar-refractivity contribution in [3.63, 3.8) is 0 Å². The van der Waals surface area contributed by atoms with Gasteiger partial charge in [0.05, 0.1) is 19.2 Å². The van der Waals surface area contributed by atoms with Crippen molar-refractivity contribution >= 4 is 6.09 Å². The van der Waals surface area contributed by atoms with Crippen molar-refractivity contribution in [2.45, 2.75) is 30.6 Å². The molecule has 4 aromatic carbocycles. The fraction of sp³-hybridized carbons (Fsp3) is 0.229. The Balaban J connectivity index is 1.39. The van der Waals surface area contributed by atoms with E-state index in [2.05, 4.69) is 21.9 Å². The van der Waals surface area contributed by atoms with E-state index >= 15 is 0 Å². The molecule has 0 unspecified atom stereocenters. The summed E-state index contributed by atoms with van der Waals surface area (Å²) in [5, 5.41) is 3.81. The minimum Gasteiger partial charge on any atom is -0.441 e. The minimum atomic E-state index is -0.959. The summed E-state index contributed by atoms with van der Waals surface area (Å²) in [5.41, 5.74) is 11.9. The lowest BCUT2D eigenvalue weighted by Crippen LogP contribution is -2.43. The first-order chi connectivity index (χ1) is 20.7. The maximum Gasteiger partial charge on any atom is 0.410 e. The van der Waals surface area contributed by atoms with Gasteiger partial charge in [-0.3, -0.25) is 0 Å². The molecule has 0 N–H and O–H groups in total. The number of carbonyl (C=O) groups is 1. The van der Waals surface area contributed by atoms with E-state index in [0.717, 1.165) is 22.3 Å². The third-order valence-corrected chi connectivity index (χ3v) is 7.36. The first-order valence-electron chi connectivity index (χ1n) is 14.0. The van der Waals surface area contributed by atoms with E-state index in [1.54, 1.807) is 4.90 Å². The topological polar surface area (TPSA) is 87.5 Å². The lowest BCUT2D eigenvalue weighted by Gasteiger charge is -2.37. The molecule has 1 aliphatic rings. The predicted octanol–water partition coefficient (Wildman–Crippen LogP) is 7.33. The molecule has 4 aromatic rings. The van der Waals surface area contributed by atoms with Gasteiger partial charge in [0, 0.05) is 23.4 Å². The van der Waals surface area contributed by atoms with Crippen LogP contribution in [0.3, 0.4) is 0 Å². The number of carbonyl (C=O) groups excluding carboxylic acids is 1. The van der Waals surface area contributed by atoms with Crippen LogP contribution in [0.2, 0.25) is 0 Å². The molecule has 210 valence electrons. The molecule has 0 aromatic heterocycles. The molecule has 42 heavy (non-hydrogen) atoms. The Morgan fingerprint density at radius 1 is 0.833 bits per heavy atom. The van der Waals surface area contributed by atoms with Gasteiger partial charge in [0.15, 0.2) is 0 Å². The standard InChI is InChI=1S/C35H32N4O3/c36-38-37-26-32-33(42-34(40)39(32)25-15-5-8-18-28-16-6-1-7-17-28)27-41-35(29-19-9-2-10-20-29,30-21-11-3-12-22-30)31-23-13-4-14-24-31/h1-4,6-7,9-14,16-17,19-24,32-33H,5,15,25-27H2/t32-,33-/m1/s1. The van der Waals surface area contributed by atoms with Gasteiger partial charge in [-0.15, -0.1) is 0 Å². The number of hydrogen-bond donors (Lipinski definition) is 0. The minimum absolute atomic E-state index is 0.0843. The maximum atomic E-state index is 13.1. The van der Waals surface area contributed by atoms with Crippen LogP contribution in [-0.2, 0) is 15.1 Å². The molecule has 0 aliphatic carbocycles. The van der Waals surface area contributed by atoms with Crippen molar-refractivity contribution in [2.75, 3.05) is 19.7 Å². The largest absolute Gasteiger partial charge is 0.441 e. The Bertz CT molecular complexity index is 1450. The van der Waals surface area contributed by atoms with Crippen molar-refractivity contribution < 1.29 is 14.3 Å². The van der Waals surface area contributed by atoms with Crippen molar-refractivity contribution in [1.29, 1.82) is 0 Å². The number of nitrogens with zero attached hydrogens (tertiary/aromatic N) is 4. The number of hydrogen-bond acceptors (Lipinski definition) is 4. The summed E-state index contributed by atoms with van der Waals surface area (Å²) in [7, 11) is 0. The second-order valence-corrected chi connectivity index (χ2v) is 9.96. The molecule has 0 saturated carbocycles. The van der Waals surface area contributed by atoms with Gasteiger partial charge in [-0.1, -0.05) is 126 Å². The summed E-state index contributed by atoms with van der Waals surface area (Å²) in [6, 6.07) is 39.4. The zero-order valence-corrected chi connectivity index (χ0v) is 23.3. The van der Waals surface area contributed by atoms with Gasteiger partial charge in [-0.25, -0.2) is 4.79 Å². The van der Waals surface area contributed by atoms with E-state index in [0.29, 0.717) is 19.4 Å². The highest BCUT2D eigenvalue weighted by Crippen LogP contribution is 2.41. The number of cyclic esters (lactones) is 1. The number of amides is 1. The highest BCUT2D eigenvalue weighted by molar-refractivity contribution is 5.70. The molecular weight excluding hydrogens is 524 g/mol. The zero-order valence-electron chi connectivity index (χ0n) is 23.3. The normalized spacial score (nSPS) is 16.2. The van der Waals surface area contributed by atoms with E-state index < -0.39 is 23.8 Å². The van der Waals surface area contributed by atoms with Gasteiger partial charge in [0.1, 0.15) is 11.7 Å². The van der Waals surface area contributed by atoms with E-state index in [-0.39, 0.29) is 13.2 Å². The quantitative estimate of drug-likeness (QED) is 0.0484. The zero-order chi connectivity index (χ0) is 29.0. The molecule has 0 bridgehead atoms. The van der Waals surface area contributed by atoms with Crippen LogP contribution in [0.1, 0.15) is 35.1 Å². The maximum absolute atomic E-state index is 13.1. The monoisotopic (exact) mass is 556 g/mol. The van der Waals surface area contributed by atoms with Crippen LogP contribution in [0.15, 0.2) is 126 Å². The Morgan fingerprint density at radius 2 is 1.36 bits per heavy atom. The van der Waals surface area contributed by atoms with Crippen molar-refractivity contribution in [3.8, 4) is 11.8 Å². The van der Waals surface area contributed by atoms with Gasteiger partial charge >= 0.3 is 6.09 Å². The van der Waals surface area contributed by atoms with E-state index in [4.69, 9.17) is 15.0 Å². The Kier molecular flexibility index (Phi) is 9.54. The molecule has 7 heteroatoms. The van der Waals surface area contributed by atoms with Gasteiger partial charge in [0.2, 0.25) is 0 Å². The average Bonchev–Trinajstić information content (AvgIpc) is 3.35. The van der Waals surface area contributed by atoms with Gasteiger partial charge in [-0.2, -0.15) is 0 Å². The van der Waals surface area contributed by atoms with E-state index in [1.807, 2.05) is 121 Å². The summed E-state index contributed by atoms with van der Waals surface area (Å²) in [6.45, 7) is 0.618. The number of rotatable bonds is 11. The SMILES string of the molecule is [N-]=[N+]=NC[C@@H]1[C@@H](COC(c2ccccc2)(c2ccccc2)c2ccccc2)OC(=O)N1CCCC#Cc1ccccc1. The fourth-order valence-corrected chi connectivity index (χ4v) is 5.35. The number of azide groups is 1. The fourth-order valence-electron chi connectivity index (χ4n) is 5.35. The summed E-state index contributed by atoms with van der Waals surface area (Å²) in [4.78, 5) is 17.7. The second kappa shape index (κ2) is 14.0. The first kappa shape index (κ1) is 28.5. The van der Waals surface area contributed by atoms with Crippen LogP contribution in [0.4, 0.5) is 4.79 Å². The molecule has 1 aliphatic heterocycles. The van der Waals surface area contributed by atoms with Crippen LogP contribution in [-0.4, -0.2) is 42.8 Å². The van der Waals surface area contributed by atoms with Crippen LogP contribution in [0.5, 0.6) is 0 Å². The Morgan fingerprint density at radius 3 is 1.88 bits per heavy atom. The third-order valence-electron chi connectivity index (χ3n) is 7.36. The van der Waals surface area contributed by atoms with Crippen LogP contribution in [0.25, 0.3) is 10.4 Å². The average molecular weight is 557 g/mol. The Hall–Kier alpha value is -5.02. The molecule has 5 rings (SSSR count). The smallest absolute Gasteiger partial charge is 0.410 e. The van der Waals surface area contributed by atoms with Crippen molar-refractivity contribution in [2.24, 2.45) is 5.11 Å². The lowest BCUT2D eigenvalue weighted by atomic mass is 9.80. The predicted molar refractivity (Wildman–Crippen MR) is 162 cm³/mol. The molecule has 2 atom stereocenters. The van der Waals surface area contributed by atoms with Crippen molar-refractivity contribution in [1.82, 2.24) is 4.90 Å². The molecule has 1 amide bonds. The summed E-state index contributed by atoms with van der Waals surface area (Å²) in [6.07, 6.45) is 0.209. The van der Waals surface area contributed by atoms with Gasteiger partial charge in [-0.05, 0) is 40.8 Å². The molecule has 1 saturated heterocycles. The first-order valence-corrected chi connectivity index (χ1v) is 14.0. The highest BCUT2D eigenvalue weighted by atomic mass is 16.6. The molecule has 1 heterocycles. The highest BCUT2D eigenvalue weighted by Gasteiger charge is 2.44. The second-order valence-electron chi connectivity index (χ2n) is 9.96. The van der Waals surface area contributed by atoms with Crippen molar-refractivity contribution in [3.05, 3.63) is 154 Å². The summed E-state index contributed by atoms with van der Waals surface area (Å²) in [5.74, 6) is 6.32. The van der Waals surface area contributed by atoms with Crippen LogP contribution >= 0.6 is 0 Å². The molecule has 0 radical (unpaired) electrons. The third kappa shape index (κ3) is 6.47. The summed E-state index contributed by atoms with van der Waals surface area (Å²) >= 11 is 0. The number of unbranched alkanes of at least 4 members (excludes halogenated alkanes) is 1. The lowest BCUT2D eigenvalue weighted by molar-refractivity contribution is -0.0369.